The van der Waals surface area contributed by atoms with Gasteiger partial charge in [0.2, 0.25) is 0 Å². The molecule has 22 heavy (non-hydrogen) atoms. The van der Waals surface area contributed by atoms with Gasteiger partial charge in [0.05, 0.1) is 19.3 Å². The largest absolute Gasteiger partial charge is 0.497 e. The summed E-state index contributed by atoms with van der Waals surface area (Å²) < 4.78 is 5.36. The highest BCUT2D eigenvalue weighted by molar-refractivity contribution is 5.40. The van der Waals surface area contributed by atoms with Crippen LogP contribution in [0.1, 0.15) is 49.7 Å². The molecule has 0 aromatic heterocycles. The molecule has 0 spiro atoms. The predicted octanol–water partition coefficient (Wildman–Crippen LogP) is 2.88. The second-order valence-electron chi connectivity index (χ2n) is 7.77. The van der Waals surface area contributed by atoms with Crippen molar-refractivity contribution < 1.29 is 14.9 Å². The van der Waals surface area contributed by atoms with Crippen LogP contribution < -0.4 is 4.74 Å². The lowest BCUT2D eigenvalue weighted by molar-refractivity contribution is -0.0505. The maximum absolute atomic E-state index is 10.4. The summed E-state index contributed by atoms with van der Waals surface area (Å²) in [4.78, 5) is 0. The van der Waals surface area contributed by atoms with Crippen molar-refractivity contribution in [1.82, 2.24) is 0 Å². The maximum atomic E-state index is 10.4. The molecule has 4 rings (SSSR count). The molecule has 0 bridgehead atoms. The van der Waals surface area contributed by atoms with Crippen LogP contribution in [-0.4, -0.2) is 29.5 Å². The van der Waals surface area contributed by atoms with E-state index in [1.54, 1.807) is 7.11 Å². The van der Waals surface area contributed by atoms with Crippen LogP contribution in [0.25, 0.3) is 0 Å². The lowest BCUT2D eigenvalue weighted by Gasteiger charge is -2.49. The van der Waals surface area contributed by atoms with E-state index in [1.807, 2.05) is 0 Å². The lowest BCUT2D eigenvalue weighted by atomic mass is 9.55. The lowest BCUT2D eigenvalue weighted by Crippen LogP contribution is -2.44. The van der Waals surface area contributed by atoms with Crippen molar-refractivity contribution in [2.24, 2.45) is 17.3 Å². The number of methoxy groups -OCH3 is 1. The van der Waals surface area contributed by atoms with Crippen LogP contribution in [0.4, 0.5) is 0 Å². The molecule has 0 radical (unpaired) electrons. The van der Waals surface area contributed by atoms with Crippen LogP contribution in [-0.2, 0) is 6.42 Å². The molecule has 3 nitrogen and oxygen atoms in total. The van der Waals surface area contributed by atoms with E-state index in [0.717, 1.165) is 31.4 Å². The molecule has 0 saturated heterocycles. The molecule has 3 aliphatic rings. The molecule has 2 fully saturated rings. The highest BCUT2D eigenvalue weighted by Gasteiger charge is 2.57. The Labute approximate surface area is 132 Å². The summed E-state index contributed by atoms with van der Waals surface area (Å²) in [5, 5.41) is 20.6. The van der Waals surface area contributed by atoms with Crippen molar-refractivity contribution in [2.75, 3.05) is 7.11 Å². The van der Waals surface area contributed by atoms with Gasteiger partial charge in [-0.15, -0.1) is 0 Å². The summed E-state index contributed by atoms with van der Waals surface area (Å²) in [6, 6.07) is 6.51. The summed E-state index contributed by atoms with van der Waals surface area (Å²) >= 11 is 0. The van der Waals surface area contributed by atoms with E-state index in [4.69, 9.17) is 4.74 Å². The first-order valence-corrected chi connectivity index (χ1v) is 8.57. The average molecular weight is 302 g/mol. The van der Waals surface area contributed by atoms with Crippen molar-refractivity contribution in [3.8, 4) is 5.75 Å². The summed E-state index contributed by atoms with van der Waals surface area (Å²) in [5.41, 5.74) is 2.82. The summed E-state index contributed by atoms with van der Waals surface area (Å²) in [5.74, 6) is 2.59. The second-order valence-corrected chi connectivity index (χ2v) is 7.77. The van der Waals surface area contributed by atoms with E-state index in [0.29, 0.717) is 17.8 Å². The number of rotatable bonds is 1. The Balaban J connectivity index is 1.69. The number of hydrogen-bond acceptors (Lipinski definition) is 3. The van der Waals surface area contributed by atoms with Crippen molar-refractivity contribution >= 4 is 0 Å². The Morgan fingerprint density at radius 1 is 1.23 bits per heavy atom. The fourth-order valence-electron chi connectivity index (χ4n) is 5.67. The number of benzene rings is 1. The first kappa shape index (κ1) is 14.5. The first-order chi connectivity index (χ1) is 10.5. The molecular weight excluding hydrogens is 276 g/mol. The number of hydrogen-bond donors (Lipinski definition) is 2. The molecule has 0 amide bonds. The monoisotopic (exact) mass is 302 g/mol. The zero-order valence-corrected chi connectivity index (χ0v) is 13.5. The van der Waals surface area contributed by atoms with Gasteiger partial charge in [0.15, 0.2) is 0 Å². The second kappa shape index (κ2) is 4.97. The summed E-state index contributed by atoms with van der Waals surface area (Å²) in [6.07, 6.45) is 4.09. The third-order valence-corrected chi connectivity index (χ3v) is 6.91. The molecule has 0 aliphatic heterocycles. The zero-order valence-electron chi connectivity index (χ0n) is 13.5. The van der Waals surface area contributed by atoms with E-state index in [2.05, 4.69) is 25.1 Å². The SMILES string of the molecule is COc1ccc2c(c1)CC[C@@H]1[C@@H]2CC[C@]2(C)[C@H](O)[C@H](O)C[C@@H]12. The van der Waals surface area contributed by atoms with Gasteiger partial charge in [-0.3, -0.25) is 0 Å². The highest BCUT2D eigenvalue weighted by Crippen LogP contribution is 2.60. The molecule has 1 aromatic carbocycles. The molecule has 1 aromatic rings. The third-order valence-electron chi connectivity index (χ3n) is 6.91. The van der Waals surface area contributed by atoms with Crippen molar-refractivity contribution in [1.29, 1.82) is 0 Å². The van der Waals surface area contributed by atoms with Gasteiger partial charge in [-0.05, 0) is 78.5 Å². The first-order valence-electron chi connectivity index (χ1n) is 8.57. The number of aryl methyl sites for hydroxylation is 1. The van der Waals surface area contributed by atoms with E-state index in [-0.39, 0.29) is 5.41 Å². The highest BCUT2D eigenvalue weighted by atomic mass is 16.5. The molecule has 3 heteroatoms. The van der Waals surface area contributed by atoms with E-state index in [1.165, 1.54) is 17.5 Å². The van der Waals surface area contributed by atoms with Gasteiger partial charge in [0.1, 0.15) is 5.75 Å². The Hall–Kier alpha value is -1.06. The molecule has 3 aliphatic carbocycles. The van der Waals surface area contributed by atoms with Crippen LogP contribution in [0.2, 0.25) is 0 Å². The Bertz CT molecular complexity index is 584. The minimum Gasteiger partial charge on any atom is -0.497 e. The molecule has 2 N–H and O–H groups in total. The van der Waals surface area contributed by atoms with Gasteiger partial charge >= 0.3 is 0 Å². The summed E-state index contributed by atoms with van der Waals surface area (Å²) in [7, 11) is 1.72. The van der Waals surface area contributed by atoms with Gasteiger partial charge in [0.25, 0.3) is 0 Å². The van der Waals surface area contributed by atoms with Gasteiger partial charge in [-0.25, -0.2) is 0 Å². The number of aliphatic hydroxyl groups is 2. The molecule has 120 valence electrons. The van der Waals surface area contributed by atoms with Crippen LogP contribution in [0.5, 0.6) is 5.75 Å². The fourth-order valence-corrected chi connectivity index (χ4v) is 5.67. The van der Waals surface area contributed by atoms with E-state index in [9.17, 15) is 10.2 Å². The molecule has 0 unspecified atom stereocenters. The number of fused-ring (bicyclic) bond motifs is 5. The standard InChI is InChI=1S/C19H26O3/c1-19-8-7-14-13-6-4-12(22-2)9-11(13)3-5-15(14)16(19)10-17(20)18(19)21/h4,6,9,14-18,20-21H,3,5,7-8,10H2,1-2H3/t14-,15-,16+,17-,18-,19+/m1/s1. The van der Waals surface area contributed by atoms with Crippen molar-refractivity contribution in [3.05, 3.63) is 29.3 Å². The van der Waals surface area contributed by atoms with Crippen LogP contribution in [0.3, 0.4) is 0 Å². The van der Waals surface area contributed by atoms with Crippen LogP contribution in [0.15, 0.2) is 18.2 Å². The fraction of sp³-hybridized carbons (Fsp3) is 0.684. The van der Waals surface area contributed by atoms with E-state index >= 15 is 0 Å². The normalized spacial score (nSPS) is 43.2. The Morgan fingerprint density at radius 2 is 2.05 bits per heavy atom. The molecular formula is C19H26O3. The number of ether oxygens (including phenoxy) is 1. The number of aliphatic hydroxyl groups excluding tert-OH is 2. The van der Waals surface area contributed by atoms with Gasteiger partial charge in [-0.2, -0.15) is 0 Å². The maximum Gasteiger partial charge on any atom is 0.119 e. The molecule has 6 atom stereocenters. The topological polar surface area (TPSA) is 49.7 Å². The van der Waals surface area contributed by atoms with Crippen LogP contribution in [0, 0.1) is 17.3 Å². The zero-order chi connectivity index (χ0) is 15.5. The summed E-state index contributed by atoms with van der Waals surface area (Å²) in [6.45, 7) is 2.19. The van der Waals surface area contributed by atoms with Crippen molar-refractivity contribution in [3.63, 3.8) is 0 Å². The predicted molar refractivity (Wildman–Crippen MR) is 85.0 cm³/mol. The van der Waals surface area contributed by atoms with Crippen LogP contribution >= 0.6 is 0 Å². The Kier molecular flexibility index (Phi) is 3.28. The van der Waals surface area contributed by atoms with Gasteiger partial charge < -0.3 is 14.9 Å². The van der Waals surface area contributed by atoms with Crippen molar-refractivity contribution in [2.45, 2.75) is 57.2 Å². The smallest absolute Gasteiger partial charge is 0.119 e. The quantitative estimate of drug-likeness (QED) is 0.838. The minimum atomic E-state index is -0.546. The molecule has 2 saturated carbocycles. The van der Waals surface area contributed by atoms with Gasteiger partial charge in [-0.1, -0.05) is 13.0 Å². The van der Waals surface area contributed by atoms with Gasteiger partial charge in [0, 0.05) is 0 Å². The average Bonchev–Trinajstić information content (AvgIpc) is 2.77. The minimum absolute atomic E-state index is 0.0927. The van der Waals surface area contributed by atoms with E-state index < -0.39 is 12.2 Å². The third kappa shape index (κ3) is 1.88. The Morgan fingerprint density at radius 3 is 2.82 bits per heavy atom. The molecule has 0 heterocycles.